The first-order chi connectivity index (χ1) is 14.2. The Kier molecular flexibility index (Phi) is 6.39. The average Bonchev–Trinajstić information content (AvgIpc) is 2.61. The van der Waals surface area contributed by atoms with E-state index < -0.39 is 23.9 Å². The summed E-state index contributed by atoms with van der Waals surface area (Å²) in [6.45, 7) is 3.65. The second-order valence-electron chi connectivity index (χ2n) is 7.67. The van der Waals surface area contributed by atoms with Crippen molar-refractivity contribution in [2.45, 2.75) is 45.2 Å². The van der Waals surface area contributed by atoms with E-state index in [1.165, 1.54) is 0 Å². The first-order valence-corrected chi connectivity index (χ1v) is 9.84. The zero-order valence-corrected chi connectivity index (χ0v) is 16.9. The van der Waals surface area contributed by atoms with Crippen LogP contribution in [-0.2, 0) is 0 Å². The number of pyridine rings is 1. The highest BCUT2D eigenvalue weighted by atomic mass is 19.1. The van der Waals surface area contributed by atoms with Crippen LogP contribution < -0.4 is 21.7 Å². The highest BCUT2D eigenvalue weighted by Gasteiger charge is 2.33. The summed E-state index contributed by atoms with van der Waals surface area (Å²) in [5.74, 6) is -1.28. The Morgan fingerprint density at radius 1 is 1.27 bits per heavy atom. The van der Waals surface area contributed by atoms with Crippen LogP contribution in [0.15, 0.2) is 30.3 Å². The number of carbonyl (C=O) groups is 2. The van der Waals surface area contributed by atoms with Crippen LogP contribution in [0.5, 0.6) is 0 Å². The molecule has 1 fully saturated rings. The van der Waals surface area contributed by atoms with Crippen molar-refractivity contribution in [1.82, 2.24) is 10.3 Å². The predicted octanol–water partition coefficient (Wildman–Crippen LogP) is 3.61. The fourth-order valence-corrected chi connectivity index (χ4v) is 3.63. The van der Waals surface area contributed by atoms with Crippen molar-refractivity contribution in [2.24, 2.45) is 11.7 Å². The number of anilines is 3. The van der Waals surface area contributed by atoms with Crippen LogP contribution in [0.1, 0.15) is 42.1 Å². The summed E-state index contributed by atoms with van der Waals surface area (Å²) in [5.41, 5.74) is 7.03. The molecule has 1 saturated carbocycles. The molecular formula is C21H26FN5O3. The van der Waals surface area contributed by atoms with Crippen LogP contribution in [0.3, 0.4) is 0 Å². The van der Waals surface area contributed by atoms with Gasteiger partial charge in [-0.2, -0.15) is 0 Å². The lowest BCUT2D eigenvalue weighted by Gasteiger charge is -2.38. The van der Waals surface area contributed by atoms with Gasteiger partial charge < -0.3 is 26.8 Å². The molecule has 0 unspecified atom stereocenters. The summed E-state index contributed by atoms with van der Waals surface area (Å²) in [6, 6.07) is 7.66. The Bertz CT molecular complexity index is 948. The number of rotatable bonds is 8. The largest absolute Gasteiger partial charge is 0.465 e. The highest BCUT2D eigenvalue weighted by molar-refractivity contribution is 5.98. The molecule has 0 spiro atoms. The maximum absolute atomic E-state index is 14.8. The van der Waals surface area contributed by atoms with E-state index in [-0.39, 0.29) is 29.2 Å². The summed E-state index contributed by atoms with van der Waals surface area (Å²) in [4.78, 5) is 27.2. The molecule has 6 N–H and O–H groups in total. The summed E-state index contributed by atoms with van der Waals surface area (Å²) < 4.78 is 14.8. The second-order valence-corrected chi connectivity index (χ2v) is 7.67. The summed E-state index contributed by atoms with van der Waals surface area (Å²) in [5, 5.41) is 17.6. The zero-order valence-electron chi connectivity index (χ0n) is 16.9. The molecule has 1 aliphatic carbocycles. The predicted molar refractivity (Wildman–Crippen MR) is 113 cm³/mol. The van der Waals surface area contributed by atoms with E-state index in [1.54, 1.807) is 13.0 Å². The molecule has 0 radical (unpaired) electrons. The number of carbonyl (C=O) groups excluding carboxylic acids is 1. The van der Waals surface area contributed by atoms with E-state index >= 15 is 0 Å². The van der Waals surface area contributed by atoms with Crippen molar-refractivity contribution in [2.75, 3.05) is 10.6 Å². The van der Waals surface area contributed by atoms with Crippen LogP contribution in [0.2, 0.25) is 0 Å². The van der Waals surface area contributed by atoms with Crippen molar-refractivity contribution >= 4 is 29.3 Å². The minimum Gasteiger partial charge on any atom is -0.465 e. The van der Waals surface area contributed by atoms with Gasteiger partial charge in [-0.05, 0) is 56.4 Å². The number of hydrogen-bond acceptors (Lipinski definition) is 5. The number of hydrogen-bond donors (Lipinski definition) is 5. The monoisotopic (exact) mass is 415 g/mol. The molecule has 30 heavy (non-hydrogen) atoms. The molecule has 2 amide bonds. The van der Waals surface area contributed by atoms with Gasteiger partial charge in [-0.15, -0.1) is 0 Å². The Morgan fingerprint density at radius 3 is 2.57 bits per heavy atom. The maximum Gasteiger partial charge on any atom is 0.404 e. The topological polar surface area (TPSA) is 129 Å². The number of primary amides is 1. The van der Waals surface area contributed by atoms with E-state index in [4.69, 9.17) is 10.8 Å². The molecule has 0 bridgehead atoms. The molecule has 3 rings (SSSR count). The third-order valence-corrected chi connectivity index (χ3v) is 5.37. The van der Waals surface area contributed by atoms with Crippen LogP contribution in [-0.4, -0.2) is 34.2 Å². The molecule has 0 aliphatic heterocycles. The van der Waals surface area contributed by atoms with Gasteiger partial charge in [-0.25, -0.2) is 14.2 Å². The van der Waals surface area contributed by atoms with E-state index in [9.17, 15) is 14.0 Å². The summed E-state index contributed by atoms with van der Waals surface area (Å²) in [7, 11) is 0. The van der Waals surface area contributed by atoms with Crippen molar-refractivity contribution in [3.63, 3.8) is 0 Å². The molecule has 1 aromatic carbocycles. The number of aryl methyl sites for hydroxylation is 1. The van der Waals surface area contributed by atoms with Crippen LogP contribution in [0.4, 0.5) is 26.5 Å². The Morgan fingerprint density at radius 2 is 2.00 bits per heavy atom. The van der Waals surface area contributed by atoms with Crippen molar-refractivity contribution in [3.05, 3.63) is 47.3 Å². The number of nitrogens with zero attached hydrogens (tertiary/aromatic N) is 1. The van der Waals surface area contributed by atoms with Crippen LogP contribution in [0.25, 0.3) is 0 Å². The van der Waals surface area contributed by atoms with E-state index in [2.05, 4.69) is 20.9 Å². The smallest absolute Gasteiger partial charge is 0.404 e. The molecule has 8 nitrogen and oxygen atoms in total. The Labute approximate surface area is 174 Å². The lowest BCUT2D eigenvalue weighted by Crippen LogP contribution is -2.50. The maximum atomic E-state index is 14.8. The fourth-order valence-electron chi connectivity index (χ4n) is 3.63. The van der Waals surface area contributed by atoms with Gasteiger partial charge in [0, 0.05) is 11.7 Å². The van der Waals surface area contributed by atoms with Gasteiger partial charge in [0.15, 0.2) is 11.6 Å². The van der Waals surface area contributed by atoms with Gasteiger partial charge in [0.05, 0.1) is 11.6 Å². The van der Waals surface area contributed by atoms with Crippen molar-refractivity contribution in [1.29, 1.82) is 0 Å². The van der Waals surface area contributed by atoms with Crippen molar-refractivity contribution < 1.29 is 19.1 Å². The molecule has 2 atom stereocenters. The molecular weight excluding hydrogens is 389 g/mol. The summed E-state index contributed by atoms with van der Waals surface area (Å²) >= 11 is 0. The molecule has 1 heterocycles. The first-order valence-electron chi connectivity index (χ1n) is 9.84. The van der Waals surface area contributed by atoms with Gasteiger partial charge in [0.25, 0.3) is 5.91 Å². The average molecular weight is 415 g/mol. The Balaban J connectivity index is 1.93. The Hall–Kier alpha value is -3.36. The second kappa shape index (κ2) is 8.98. The van der Waals surface area contributed by atoms with Crippen LogP contribution >= 0.6 is 0 Å². The van der Waals surface area contributed by atoms with Gasteiger partial charge >= 0.3 is 6.09 Å². The van der Waals surface area contributed by atoms with E-state index in [1.807, 2.05) is 25.1 Å². The number of benzene rings is 1. The molecule has 160 valence electrons. The fraction of sp³-hybridized carbons (Fsp3) is 0.381. The first kappa shape index (κ1) is 21.4. The van der Waals surface area contributed by atoms with Gasteiger partial charge in [0.1, 0.15) is 5.82 Å². The van der Waals surface area contributed by atoms with E-state index in [0.717, 1.165) is 30.9 Å². The number of nitrogens with two attached hydrogens (primary N) is 1. The minimum atomic E-state index is -1.15. The third kappa shape index (κ3) is 4.97. The quantitative estimate of drug-likeness (QED) is 0.448. The highest BCUT2D eigenvalue weighted by Crippen LogP contribution is 2.33. The number of aromatic nitrogens is 1. The lowest BCUT2D eigenvalue weighted by molar-refractivity contribution is 0.1000. The molecule has 9 heteroatoms. The molecule has 2 aromatic rings. The number of nitrogens with one attached hydrogen (secondary N) is 3. The summed E-state index contributed by atoms with van der Waals surface area (Å²) in [6.07, 6.45) is 1.73. The van der Waals surface area contributed by atoms with Gasteiger partial charge in [-0.3, -0.25) is 4.79 Å². The number of carboxylic acid groups (broad SMARTS) is 1. The molecule has 1 aromatic heterocycles. The normalized spacial score (nSPS) is 15.6. The zero-order chi connectivity index (χ0) is 21.8. The van der Waals surface area contributed by atoms with Crippen LogP contribution in [0, 0.1) is 18.7 Å². The SMILES string of the molecule is Cc1cccc(Nc2nc(N[C@@H](C3CCC3)[C@H](C)NC(=O)O)c(F)cc2C(N)=O)c1. The number of halogens is 1. The van der Waals surface area contributed by atoms with E-state index in [0.29, 0.717) is 5.69 Å². The lowest BCUT2D eigenvalue weighted by atomic mass is 9.77. The number of amides is 2. The molecule has 1 aliphatic rings. The molecule has 0 saturated heterocycles. The van der Waals surface area contributed by atoms with Gasteiger partial charge in [0.2, 0.25) is 0 Å². The van der Waals surface area contributed by atoms with Gasteiger partial charge in [-0.1, -0.05) is 18.6 Å². The van der Waals surface area contributed by atoms with Crippen molar-refractivity contribution in [3.8, 4) is 0 Å². The third-order valence-electron chi connectivity index (χ3n) is 5.37. The standard InChI is InChI=1S/C21H26FN5O3/c1-11-5-3-8-14(9-11)25-19-15(18(23)28)10-16(22)20(27-19)26-17(13-6-4-7-13)12(2)24-21(29)30/h3,5,8-10,12-13,17,24H,4,6-7H2,1-2H3,(H2,23,28)(H,29,30)(H2,25,26,27)/t12-,17+/m0/s1. The minimum absolute atomic E-state index is 0.0638.